The number of hydrogen-bond donors (Lipinski definition) is 2. The third-order valence-electron chi connectivity index (χ3n) is 2.15. The first-order valence-corrected chi connectivity index (χ1v) is 5.45. The van der Waals surface area contributed by atoms with Crippen molar-refractivity contribution in [3.8, 4) is 0 Å². The molecule has 0 radical (unpaired) electrons. The number of ether oxygens (including phenoxy) is 1. The van der Waals surface area contributed by atoms with Crippen LogP contribution in [-0.2, 0) is 4.74 Å². The Balaban J connectivity index is 2.86. The zero-order valence-electron chi connectivity index (χ0n) is 9.34. The van der Waals surface area contributed by atoms with Crippen LogP contribution >= 0.6 is 11.6 Å². The highest BCUT2D eigenvalue weighted by atomic mass is 35.5. The van der Waals surface area contributed by atoms with Gasteiger partial charge in [0.05, 0.1) is 18.8 Å². The highest BCUT2D eigenvalue weighted by molar-refractivity contribution is 6.31. The average Bonchev–Trinajstić information content (AvgIpc) is 2.22. The Morgan fingerprint density at radius 2 is 2.19 bits per heavy atom. The van der Waals surface area contributed by atoms with Gasteiger partial charge in [-0.25, -0.2) is 4.39 Å². The second kappa shape index (κ2) is 6.15. The maximum atomic E-state index is 13.6. The molecule has 3 nitrogen and oxygen atoms in total. The lowest BCUT2D eigenvalue weighted by Crippen LogP contribution is -2.33. The summed E-state index contributed by atoms with van der Waals surface area (Å²) in [5.41, 5.74) is 2.85. The van der Waals surface area contributed by atoms with E-state index in [9.17, 15) is 4.39 Å². The molecule has 3 N–H and O–H groups in total. The van der Waals surface area contributed by atoms with Crippen molar-refractivity contribution in [2.24, 2.45) is 5.84 Å². The van der Waals surface area contributed by atoms with Crippen molar-refractivity contribution in [1.82, 2.24) is 5.43 Å². The molecule has 1 atom stereocenters. The van der Waals surface area contributed by atoms with E-state index in [1.165, 1.54) is 6.07 Å². The van der Waals surface area contributed by atoms with Crippen LogP contribution in [0.5, 0.6) is 0 Å². The van der Waals surface area contributed by atoms with E-state index in [-0.39, 0.29) is 18.5 Å². The van der Waals surface area contributed by atoms with Gasteiger partial charge in [-0.15, -0.1) is 0 Å². The number of nitrogens with two attached hydrogens (primary N) is 1. The second-order valence-corrected chi connectivity index (χ2v) is 4.14. The Morgan fingerprint density at radius 1 is 1.50 bits per heavy atom. The van der Waals surface area contributed by atoms with Crippen molar-refractivity contribution in [2.75, 3.05) is 6.61 Å². The maximum absolute atomic E-state index is 13.6. The highest BCUT2D eigenvalue weighted by Gasteiger charge is 2.18. The van der Waals surface area contributed by atoms with Gasteiger partial charge in [-0.3, -0.25) is 11.3 Å². The molecule has 1 aromatic carbocycles. The minimum Gasteiger partial charge on any atom is -0.377 e. The topological polar surface area (TPSA) is 47.3 Å². The second-order valence-electron chi connectivity index (χ2n) is 3.74. The van der Waals surface area contributed by atoms with Gasteiger partial charge in [-0.05, 0) is 26.0 Å². The van der Waals surface area contributed by atoms with E-state index in [4.69, 9.17) is 22.2 Å². The minimum absolute atomic E-state index is 0.0569. The lowest BCUT2D eigenvalue weighted by molar-refractivity contribution is 0.0604. The van der Waals surface area contributed by atoms with E-state index in [1.54, 1.807) is 12.1 Å². The molecule has 0 aromatic heterocycles. The van der Waals surface area contributed by atoms with Crippen LogP contribution in [0.25, 0.3) is 0 Å². The van der Waals surface area contributed by atoms with Crippen LogP contribution in [0.4, 0.5) is 4.39 Å². The van der Waals surface area contributed by atoms with Crippen LogP contribution in [0.2, 0.25) is 5.02 Å². The summed E-state index contributed by atoms with van der Waals surface area (Å²) in [4.78, 5) is 0. The molecule has 1 unspecified atom stereocenters. The molecule has 1 rings (SSSR count). The Labute approximate surface area is 99.7 Å². The Bertz CT molecular complexity index is 327. The van der Waals surface area contributed by atoms with Crippen molar-refractivity contribution >= 4 is 11.6 Å². The summed E-state index contributed by atoms with van der Waals surface area (Å²) in [7, 11) is 0. The molecule has 0 fully saturated rings. The highest BCUT2D eigenvalue weighted by Crippen LogP contribution is 2.25. The van der Waals surface area contributed by atoms with Crippen molar-refractivity contribution in [3.63, 3.8) is 0 Å². The third-order valence-corrected chi connectivity index (χ3v) is 2.48. The molecule has 5 heteroatoms. The predicted octanol–water partition coefficient (Wildman–Crippen LogP) is 2.41. The molecule has 0 aliphatic heterocycles. The van der Waals surface area contributed by atoms with Crippen LogP contribution in [0.3, 0.4) is 0 Å². The van der Waals surface area contributed by atoms with Crippen molar-refractivity contribution in [1.29, 1.82) is 0 Å². The zero-order valence-corrected chi connectivity index (χ0v) is 10.1. The van der Waals surface area contributed by atoms with Crippen LogP contribution < -0.4 is 11.3 Å². The standard InChI is InChI=1S/C11H16ClFN2O/c1-7(2)16-6-10(15-14)11-8(12)4-3-5-9(11)13/h3-5,7,10,15H,6,14H2,1-2H3. The molecule has 0 amide bonds. The van der Waals surface area contributed by atoms with Crippen LogP contribution in [-0.4, -0.2) is 12.7 Å². The van der Waals surface area contributed by atoms with Gasteiger partial charge in [0.15, 0.2) is 0 Å². The third kappa shape index (κ3) is 3.42. The van der Waals surface area contributed by atoms with Gasteiger partial charge >= 0.3 is 0 Å². The number of rotatable bonds is 5. The lowest BCUT2D eigenvalue weighted by Gasteiger charge is -2.19. The van der Waals surface area contributed by atoms with Crippen molar-refractivity contribution in [2.45, 2.75) is 26.0 Å². The summed E-state index contributed by atoms with van der Waals surface area (Å²) in [5.74, 6) is 4.99. The molecule has 16 heavy (non-hydrogen) atoms. The summed E-state index contributed by atoms with van der Waals surface area (Å²) in [6.07, 6.45) is 0.0569. The summed E-state index contributed by atoms with van der Waals surface area (Å²) in [6, 6.07) is 4.08. The van der Waals surface area contributed by atoms with Gasteiger partial charge in [0.25, 0.3) is 0 Å². The fraction of sp³-hybridized carbons (Fsp3) is 0.455. The van der Waals surface area contributed by atoms with Gasteiger partial charge < -0.3 is 4.74 Å². The minimum atomic E-state index is -0.448. The Kier molecular flexibility index (Phi) is 5.15. The number of nitrogens with one attached hydrogen (secondary N) is 1. The molecule has 0 aliphatic rings. The summed E-state index contributed by atoms with van der Waals surface area (Å²) < 4.78 is 19.0. The van der Waals surface area contributed by atoms with E-state index in [0.29, 0.717) is 10.6 Å². The monoisotopic (exact) mass is 246 g/mol. The van der Waals surface area contributed by atoms with Crippen molar-refractivity contribution < 1.29 is 9.13 Å². The summed E-state index contributed by atoms with van der Waals surface area (Å²) in [5, 5.41) is 0.343. The van der Waals surface area contributed by atoms with Gasteiger partial charge in [-0.2, -0.15) is 0 Å². The van der Waals surface area contributed by atoms with Gasteiger partial charge in [-0.1, -0.05) is 17.7 Å². The van der Waals surface area contributed by atoms with Crippen molar-refractivity contribution in [3.05, 3.63) is 34.6 Å². The molecule has 1 aromatic rings. The fourth-order valence-corrected chi connectivity index (χ4v) is 1.64. The summed E-state index contributed by atoms with van der Waals surface area (Å²) in [6.45, 7) is 4.07. The molecule has 0 heterocycles. The van der Waals surface area contributed by atoms with E-state index in [0.717, 1.165) is 0 Å². The first-order chi connectivity index (χ1) is 7.56. The maximum Gasteiger partial charge on any atom is 0.129 e. The Hall–Kier alpha value is -0.680. The van der Waals surface area contributed by atoms with E-state index in [2.05, 4.69) is 5.43 Å². The Morgan fingerprint density at radius 3 is 2.69 bits per heavy atom. The lowest BCUT2D eigenvalue weighted by atomic mass is 10.1. The zero-order chi connectivity index (χ0) is 12.1. The van der Waals surface area contributed by atoms with Crippen LogP contribution in [0, 0.1) is 5.82 Å². The van der Waals surface area contributed by atoms with Gasteiger partial charge in [0.2, 0.25) is 0 Å². The van der Waals surface area contributed by atoms with E-state index >= 15 is 0 Å². The molecule has 0 aliphatic carbocycles. The van der Waals surface area contributed by atoms with E-state index in [1.807, 2.05) is 13.8 Å². The molecular weight excluding hydrogens is 231 g/mol. The first kappa shape index (κ1) is 13.4. The normalized spacial score (nSPS) is 13.1. The number of hydrazine groups is 1. The first-order valence-electron chi connectivity index (χ1n) is 5.08. The molecular formula is C11H16ClFN2O. The van der Waals surface area contributed by atoms with Gasteiger partial charge in [0.1, 0.15) is 5.82 Å². The fourth-order valence-electron chi connectivity index (χ4n) is 1.35. The van der Waals surface area contributed by atoms with Gasteiger partial charge in [0, 0.05) is 10.6 Å². The van der Waals surface area contributed by atoms with Crippen LogP contribution in [0.15, 0.2) is 18.2 Å². The molecule has 0 saturated carbocycles. The summed E-state index contributed by atoms with van der Waals surface area (Å²) >= 11 is 5.93. The molecule has 0 bridgehead atoms. The molecule has 90 valence electrons. The number of benzene rings is 1. The smallest absolute Gasteiger partial charge is 0.129 e. The van der Waals surface area contributed by atoms with Crippen LogP contribution in [0.1, 0.15) is 25.5 Å². The molecule has 0 saturated heterocycles. The predicted molar refractivity (Wildman–Crippen MR) is 62.6 cm³/mol. The number of hydrogen-bond acceptors (Lipinski definition) is 3. The quantitative estimate of drug-likeness (QED) is 0.620. The SMILES string of the molecule is CC(C)OCC(NN)c1c(F)cccc1Cl. The largest absolute Gasteiger partial charge is 0.377 e. The number of halogens is 2. The van der Waals surface area contributed by atoms with E-state index < -0.39 is 6.04 Å². The average molecular weight is 247 g/mol. The molecule has 0 spiro atoms.